The lowest BCUT2D eigenvalue weighted by molar-refractivity contribution is 0.0835. The van der Waals surface area contributed by atoms with Gasteiger partial charge in [0, 0.05) is 13.0 Å². The molecule has 1 aromatic carbocycles. The SMILES string of the molecule is COc1ccc(Cc2noc([C@H]3CCCO3)n2)cc1OC. The van der Waals surface area contributed by atoms with E-state index >= 15 is 0 Å². The van der Waals surface area contributed by atoms with Crippen molar-refractivity contribution in [3.05, 3.63) is 35.5 Å². The highest BCUT2D eigenvalue weighted by Crippen LogP contribution is 2.29. The maximum absolute atomic E-state index is 5.54. The lowest BCUT2D eigenvalue weighted by Gasteiger charge is -2.08. The van der Waals surface area contributed by atoms with Crippen molar-refractivity contribution >= 4 is 0 Å². The quantitative estimate of drug-likeness (QED) is 0.843. The Labute approximate surface area is 123 Å². The summed E-state index contributed by atoms with van der Waals surface area (Å²) in [7, 11) is 3.23. The Morgan fingerprint density at radius 1 is 1.24 bits per heavy atom. The Balaban J connectivity index is 1.74. The third-order valence-corrected chi connectivity index (χ3v) is 3.50. The van der Waals surface area contributed by atoms with Crippen LogP contribution in [0.3, 0.4) is 0 Å². The first kappa shape index (κ1) is 13.9. The maximum Gasteiger partial charge on any atom is 0.255 e. The summed E-state index contributed by atoms with van der Waals surface area (Å²) in [5, 5.41) is 4.02. The fraction of sp³-hybridized carbons (Fsp3) is 0.467. The molecular weight excluding hydrogens is 272 g/mol. The molecular formula is C15H18N2O4. The summed E-state index contributed by atoms with van der Waals surface area (Å²) in [5.74, 6) is 2.61. The predicted octanol–water partition coefficient (Wildman–Crippen LogP) is 2.53. The summed E-state index contributed by atoms with van der Waals surface area (Å²) in [4.78, 5) is 4.41. The second-order valence-electron chi connectivity index (χ2n) is 4.92. The molecule has 0 aliphatic carbocycles. The van der Waals surface area contributed by atoms with Crippen molar-refractivity contribution < 1.29 is 18.7 Å². The Bertz CT molecular complexity index is 605. The molecule has 21 heavy (non-hydrogen) atoms. The van der Waals surface area contributed by atoms with Gasteiger partial charge in [-0.15, -0.1) is 0 Å². The van der Waals surface area contributed by atoms with Gasteiger partial charge in [0.05, 0.1) is 14.2 Å². The van der Waals surface area contributed by atoms with E-state index in [9.17, 15) is 0 Å². The minimum atomic E-state index is -0.0448. The van der Waals surface area contributed by atoms with E-state index in [1.807, 2.05) is 18.2 Å². The summed E-state index contributed by atoms with van der Waals surface area (Å²) in [6.45, 7) is 0.762. The molecule has 2 aromatic rings. The molecule has 112 valence electrons. The van der Waals surface area contributed by atoms with Gasteiger partial charge >= 0.3 is 0 Å². The summed E-state index contributed by atoms with van der Waals surface area (Å²) in [6.07, 6.45) is 2.52. The Morgan fingerprint density at radius 3 is 2.81 bits per heavy atom. The minimum Gasteiger partial charge on any atom is -0.493 e. The van der Waals surface area contributed by atoms with Crippen LogP contribution in [0.25, 0.3) is 0 Å². The summed E-state index contributed by atoms with van der Waals surface area (Å²) in [5.41, 5.74) is 1.03. The van der Waals surface area contributed by atoms with Gasteiger partial charge in [0.2, 0.25) is 0 Å². The van der Waals surface area contributed by atoms with Crippen molar-refractivity contribution in [2.24, 2.45) is 0 Å². The zero-order chi connectivity index (χ0) is 14.7. The van der Waals surface area contributed by atoms with Crippen LogP contribution in [0.5, 0.6) is 11.5 Å². The predicted molar refractivity (Wildman–Crippen MR) is 74.6 cm³/mol. The normalized spacial score (nSPS) is 17.9. The highest BCUT2D eigenvalue weighted by atomic mass is 16.5. The number of rotatable bonds is 5. The maximum atomic E-state index is 5.54. The lowest BCUT2D eigenvalue weighted by atomic mass is 10.1. The molecule has 1 aromatic heterocycles. The van der Waals surface area contributed by atoms with E-state index in [1.54, 1.807) is 14.2 Å². The molecule has 0 saturated carbocycles. The monoisotopic (exact) mass is 290 g/mol. The molecule has 1 aliphatic rings. The van der Waals surface area contributed by atoms with Crippen molar-refractivity contribution in [3.8, 4) is 11.5 Å². The standard InChI is InChI=1S/C15H18N2O4/c1-18-11-6-5-10(8-13(11)19-2)9-14-16-15(21-17-14)12-4-3-7-20-12/h5-6,8,12H,3-4,7,9H2,1-2H3/t12-/m1/s1. The molecule has 0 amide bonds. The van der Waals surface area contributed by atoms with Crippen LogP contribution >= 0.6 is 0 Å². The number of nitrogens with zero attached hydrogens (tertiary/aromatic N) is 2. The van der Waals surface area contributed by atoms with Gasteiger partial charge in [-0.05, 0) is 30.5 Å². The minimum absolute atomic E-state index is 0.0448. The fourth-order valence-corrected chi connectivity index (χ4v) is 2.42. The van der Waals surface area contributed by atoms with Gasteiger partial charge in [-0.2, -0.15) is 4.98 Å². The highest BCUT2D eigenvalue weighted by molar-refractivity contribution is 5.43. The molecule has 0 unspecified atom stereocenters. The summed E-state index contributed by atoms with van der Waals surface area (Å²) < 4.78 is 21.3. The van der Waals surface area contributed by atoms with Crippen molar-refractivity contribution in [2.45, 2.75) is 25.4 Å². The second kappa shape index (κ2) is 6.13. The van der Waals surface area contributed by atoms with E-state index in [0.717, 1.165) is 25.0 Å². The van der Waals surface area contributed by atoms with Crippen LogP contribution in [-0.4, -0.2) is 31.0 Å². The topological polar surface area (TPSA) is 66.6 Å². The van der Waals surface area contributed by atoms with Crippen LogP contribution in [0.4, 0.5) is 0 Å². The molecule has 1 atom stereocenters. The van der Waals surface area contributed by atoms with E-state index in [4.69, 9.17) is 18.7 Å². The third-order valence-electron chi connectivity index (χ3n) is 3.50. The van der Waals surface area contributed by atoms with Crippen LogP contribution in [-0.2, 0) is 11.2 Å². The van der Waals surface area contributed by atoms with Crippen LogP contribution in [0, 0.1) is 0 Å². The van der Waals surface area contributed by atoms with Gasteiger partial charge in [-0.3, -0.25) is 0 Å². The first-order chi connectivity index (χ1) is 10.3. The van der Waals surface area contributed by atoms with Gasteiger partial charge < -0.3 is 18.7 Å². The van der Waals surface area contributed by atoms with Crippen LogP contribution in [0.1, 0.15) is 36.2 Å². The average Bonchev–Trinajstić information content (AvgIpc) is 3.17. The first-order valence-corrected chi connectivity index (χ1v) is 6.95. The molecule has 3 rings (SSSR count). The van der Waals surface area contributed by atoms with Crippen molar-refractivity contribution in [2.75, 3.05) is 20.8 Å². The number of hydrogen-bond acceptors (Lipinski definition) is 6. The van der Waals surface area contributed by atoms with Crippen molar-refractivity contribution in [1.82, 2.24) is 10.1 Å². The van der Waals surface area contributed by atoms with E-state index in [2.05, 4.69) is 10.1 Å². The molecule has 0 bridgehead atoms. The van der Waals surface area contributed by atoms with Gasteiger partial charge in [0.15, 0.2) is 17.3 Å². The first-order valence-electron chi connectivity index (χ1n) is 6.95. The molecule has 0 N–H and O–H groups in total. The highest BCUT2D eigenvalue weighted by Gasteiger charge is 2.23. The van der Waals surface area contributed by atoms with E-state index in [-0.39, 0.29) is 6.10 Å². The van der Waals surface area contributed by atoms with Gasteiger partial charge in [-0.1, -0.05) is 11.2 Å². The van der Waals surface area contributed by atoms with E-state index < -0.39 is 0 Å². The molecule has 0 radical (unpaired) electrons. The van der Waals surface area contributed by atoms with Gasteiger partial charge in [0.1, 0.15) is 6.10 Å². The third kappa shape index (κ3) is 3.00. The van der Waals surface area contributed by atoms with Crippen molar-refractivity contribution in [1.29, 1.82) is 0 Å². The largest absolute Gasteiger partial charge is 0.493 e. The number of ether oxygens (including phenoxy) is 3. The van der Waals surface area contributed by atoms with Crippen LogP contribution in [0.15, 0.2) is 22.7 Å². The molecule has 1 saturated heterocycles. The zero-order valence-corrected chi connectivity index (χ0v) is 12.2. The summed E-state index contributed by atoms with van der Waals surface area (Å²) >= 11 is 0. The smallest absolute Gasteiger partial charge is 0.255 e. The Kier molecular flexibility index (Phi) is 4.06. The molecule has 0 spiro atoms. The lowest BCUT2D eigenvalue weighted by Crippen LogP contribution is -1.97. The van der Waals surface area contributed by atoms with Crippen molar-refractivity contribution in [3.63, 3.8) is 0 Å². The van der Waals surface area contributed by atoms with Gasteiger partial charge in [0.25, 0.3) is 5.89 Å². The molecule has 1 aliphatic heterocycles. The number of benzene rings is 1. The fourth-order valence-electron chi connectivity index (χ4n) is 2.42. The Morgan fingerprint density at radius 2 is 2.10 bits per heavy atom. The van der Waals surface area contributed by atoms with Crippen LogP contribution in [0.2, 0.25) is 0 Å². The summed E-state index contributed by atoms with van der Waals surface area (Å²) in [6, 6.07) is 5.75. The average molecular weight is 290 g/mol. The second-order valence-corrected chi connectivity index (χ2v) is 4.92. The van der Waals surface area contributed by atoms with Crippen LogP contribution < -0.4 is 9.47 Å². The number of hydrogen-bond donors (Lipinski definition) is 0. The molecule has 2 heterocycles. The number of methoxy groups -OCH3 is 2. The molecule has 1 fully saturated rings. The molecule has 6 nitrogen and oxygen atoms in total. The van der Waals surface area contributed by atoms with E-state index in [0.29, 0.717) is 29.6 Å². The molecule has 6 heteroatoms. The number of aromatic nitrogens is 2. The Hall–Kier alpha value is -2.08. The van der Waals surface area contributed by atoms with E-state index in [1.165, 1.54) is 0 Å². The van der Waals surface area contributed by atoms with Gasteiger partial charge in [-0.25, -0.2) is 0 Å². The zero-order valence-electron chi connectivity index (χ0n) is 12.2.